The molecule has 3 heteroatoms. The van der Waals surface area contributed by atoms with Crippen molar-refractivity contribution in [2.75, 3.05) is 19.9 Å². The van der Waals surface area contributed by atoms with Crippen LogP contribution in [-0.4, -0.2) is 19.9 Å². The first kappa shape index (κ1) is 11.2. The van der Waals surface area contributed by atoms with Crippen molar-refractivity contribution in [1.82, 2.24) is 0 Å². The molecule has 0 aliphatic heterocycles. The van der Waals surface area contributed by atoms with E-state index in [1.807, 2.05) is 0 Å². The summed E-state index contributed by atoms with van der Waals surface area (Å²) in [6.45, 7) is 3.88. The Labute approximate surface area is 69.8 Å². The summed E-state index contributed by atoms with van der Waals surface area (Å²) in [6, 6.07) is 0. The van der Waals surface area contributed by atoms with Gasteiger partial charge in [0.1, 0.15) is 0 Å². The van der Waals surface area contributed by atoms with Crippen molar-refractivity contribution in [2.45, 2.75) is 32.6 Å². The average Bonchev–Trinajstić information content (AvgIpc) is 1.99. The van der Waals surface area contributed by atoms with Crippen LogP contribution in [0.4, 0.5) is 0 Å². The zero-order chi connectivity index (χ0) is 8.74. The fourth-order valence-electron chi connectivity index (χ4n) is 0.917. The molecule has 0 radical (unpaired) electrons. The van der Waals surface area contributed by atoms with Crippen molar-refractivity contribution in [3.8, 4) is 0 Å². The summed E-state index contributed by atoms with van der Waals surface area (Å²) in [5.41, 5.74) is 0. The van der Waals surface area contributed by atoms with Crippen LogP contribution in [0.5, 0.6) is 0 Å². The van der Waals surface area contributed by atoms with Crippen LogP contribution in [0, 0.1) is 0 Å². The molecule has 68 valence electrons. The molecule has 1 unspecified atom stereocenters. The second-order valence-electron chi connectivity index (χ2n) is 2.98. The van der Waals surface area contributed by atoms with E-state index in [-0.39, 0.29) is 0 Å². The third-order valence-electron chi connectivity index (χ3n) is 1.80. The van der Waals surface area contributed by atoms with Gasteiger partial charge in [0.05, 0.1) is 0 Å². The first-order valence-corrected chi connectivity index (χ1v) is 6.50. The molecule has 0 aliphatic rings. The van der Waals surface area contributed by atoms with E-state index in [2.05, 4.69) is 6.92 Å². The molecule has 2 nitrogen and oxygen atoms in total. The second kappa shape index (κ2) is 5.79. The molecular formula is C8H19O2P. The fraction of sp³-hybridized carbons (Fsp3) is 1.00. The largest absolute Gasteiger partial charge is 0.332 e. The molecular weight excluding hydrogens is 159 g/mol. The van der Waals surface area contributed by atoms with Gasteiger partial charge in [-0.2, -0.15) is 0 Å². The first-order chi connectivity index (χ1) is 5.12. The molecule has 0 saturated carbocycles. The van der Waals surface area contributed by atoms with Crippen molar-refractivity contribution in [2.24, 2.45) is 0 Å². The predicted octanol–water partition coefficient (Wildman–Crippen LogP) is 3.12. The highest BCUT2D eigenvalue weighted by Crippen LogP contribution is 2.42. The molecule has 0 fully saturated rings. The lowest BCUT2D eigenvalue weighted by Crippen LogP contribution is -1.90. The summed E-state index contributed by atoms with van der Waals surface area (Å²) in [5, 5.41) is 0. The summed E-state index contributed by atoms with van der Waals surface area (Å²) >= 11 is 0. The second-order valence-corrected chi connectivity index (χ2v) is 5.82. The number of rotatable bonds is 6. The Morgan fingerprint density at radius 1 is 1.27 bits per heavy atom. The Bertz CT molecular complexity index is 134. The van der Waals surface area contributed by atoms with Gasteiger partial charge in [-0.25, -0.2) is 0 Å². The molecule has 1 atom stereocenters. The molecule has 0 aromatic carbocycles. The van der Waals surface area contributed by atoms with E-state index in [9.17, 15) is 4.57 Å². The minimum atomic E-state index is -2.21. The van der Waals surface area contributed by atoms with Gasteiger partial charge in [0, 0.05) is 19.9 Å². The lowest BCUT2D eigenvalue weighted by atomic mass is 10.2. The monoisotopic (exact) mass is 178 g/mol. The van der Waals surface area contributed by atoms with Crippen molar-refractivity contribution in [3.05, 3.63) is 0 Å². The lowest BCUT2D eigenvalue weighted by molar-refractivity contribution is 0.397. The summed E-state index contributed by atoms with van der Waals surface area (Å²) in [5.74, 6) is 0. The fourth-order valence-corrected chi connectivity index (χ4v) is 1.90. The quantitative estimate of drug-likeness (QED) is 0.461. The molecule has 0 heterocycles. The van der Waals surface area contributed by atoms with Crippen LogP contribution in [0.1, 0.15) is 32.6 Å². The predicted molar refractivity (Wildman–Crippen MR) is 49.5 cm³/mol. The van der Waals surface area contributed by atoms with Crippen molar-refractivity contribution >= 4 is 7.37 Å². The summed E-state index contributed by atoms with van der Waals surface area (Å²) in [6.07, 6.45) is 5.42. The topological polar surface area (TPSA) is 26.3 Å². The van der Waals surface area contributed by atoms with E-state index < -0.39 is 7.37 Å². The Hall–Kier alpha value is 0.190. The minimum Gasteiger partial charge on any atom is -0.332 e. The number of unbranched alkanes of at least 4 members (excludes halogenated alkanes) is 3. The lowest BCUT2D eigenvalue weighted by Gasteiger charge is -2.09. The Kier molecular flexibility index (Phi) is 5.89. The zero-order valence-corrected chi connectivity index (χ0v) is 8.69. The SMILES string of the molecule is CCCCCCP(C)(=O)OC. The third-order valence-corrected chi connectivity index (χ3v) is 3.71. The van der Waals surface area contributed by atoms with Crippen LogP contribution in [0.2, 0.25) is 0 Å². The average molecular weight is 178 g/mol. The van der Waals surface area contributed by atoms with E-state index >= 15 is 0 Å². The highest BCUT2D eigenvalue weighted by molar-refractivity contribution is 7.58. The van der Waals surface area contributed by atoms with Gasteiger partial charge in [-0.15, -0.1) is 0 Å². The molecule has 0 rings (SSSR count). The molecule has 0 spiro atoms. The van der Waals surface area contributed by atoms with Crippen LogP contribution in [0.25, 0.3) is 0 Å². The smallest absolute Gasteiger partial charge is 0.199 e. The maximum atomic E-state index is 11.3. The van der Waals surface area contributed by atoms with Crippen molar-refractivity contribution < 1.29 is 9.09 Å². The molecule has 0 saturated heterocycles. The van der Waals surface area contributed by atoms with E-state index in [0.717, 1.165) is 12.6 Å². The molecule has 0 aromatic rings. The van der Waals surface area contributed by atoms with E-state index in [4.69, 9.17) is 4.52 Å². The Balaban J connectivity index is 3.31. The zero-order valence-electron chi connectivity index (χ0n) is 7.80. The van der Waals surface area contributed by atoms with Gasteiger partial charge in [0.15, 0.2) is 7.37 Å². The standard InChI is InChI=1S/C8H19O2P/c1-4-5-6-7-8-11(3,9)10-2/h4-8H2,1-3H3. The highest BCUT2D eigenvalue weighted by atomic mass is 31.2. The first-order valence-electron chi connectivity index (χ1n) is 4.24. The third kappa shape index (κ3) is 6.58. The minimum absolute atomic E-state index is 0.740. The van der Waals surface area contributed by atoms with Gasteiger partial charge in [-0.05, 0) is 6.42 Å². The summed E-state index contributed by atoms with van der Waals surface area (Å²) < 4.78 is 16.2. The van der Waals surface area contributed by atoms with Crippen LogP contribution >= 0.6 is 7.37 Å². The Morgan fingerprint density at radius 3 is 2.36 bits per heavy atom. The number of hydrogen-bond donors (Lipinski definition) is 0. The van der Waals surface area contributed by atoms with Crippen molar-refractivity contribution in [1.29, 1.82) is 0 Å². The normalized spacial score (nSPS) is 16.3. The Morgan fingerprint density at radius 2 is 1.91 bits per heavy atom. The van der Waals surface area contributed by atoms with Gasteiger partial charge in [0.2, 0.25) is 0 Å². The van der Waals surface area contributed by atoms with E-state index in [1.54, 1.807) is 6.66 Å². The molecule has 0 amide bonds. The van der Waals surface area contributed by atoms with Crippen LogP contribution in [-0.2, 0) is 9.09 Å². The maximum absolute atomic E-state index is 11.3. The molecule has 11 heavy (non-hydrogen) atoms. The van der Waals surface area contributed by atoms with Gasteiger partial charge >= 0.3 is 0 Å². The summed E-state index contributed by atoms with van der Waals surface area (Å²) in [7, 11) is -0.685. The molecule has 0 aliphatic carbocycles. The molecule has 0 bridgehead atoms. The maximum Gasteiger partial charge on any atom is 0.199 e. The van der Waals surface area contributed by atoms with Gasteiger partial charge < -0.3 is 4.52 Å². The highest BCUT2D eigenvalue weighted by Gasteiger charge is 2.11. The van der Waals surface area contributed by atoms with Gasteiger partial charge in [-0.3, -0.25) is 4.57 Å². The molecule has 0 aromatic heterocycles. The van der Waals surface area contributed by atoms with Crippen LogP contribution in [0.3, 0.4) is 0 Å². The number of hydrogen-bond acceptors (Lipinski definition) is 2. The van der Waals surface area contributed by atoms with E-state index in [1.165, 1.54) is 26.4 Å². The van der Waals surface area contributed by atoms with Crippen molar-refractivity contribution in [3.63, 3.8) is 0 Å². The van der Waals surface area contributed by atoms with Crippen LogP contribution < -0.4 is 0 Å². The van der Waals surface area contributed by atoms with E-state index in [0.29, 0.717) is 0 Å². The summed E-state index contributed by atoms with van der Waals surface area (Å²) in [4.78, 5) is 0. The van der Waals surface area contributed by atoms with Crippen LogP contribution in [0.15, 0.2) is 0 Å². The van der Waals surface area contributed by atoms with Gasteiger partial charge in [-0.1, -0.05) is 26.2 Å². The molecule has 0 N–H and O–H groups in total. The van der Waals surface area contributed by atoms with Gasteiger partial charge in [0.25, 0.3) is 0 Å².